The molecule has 3 aromatic heterocycles. The fourth-order valence-electron chi connectivity index (χ4n) is 2.84. The Bertz CT molecular complexity index is 1290. The lowest BCUT2D eigenvalue weighted by Crippen LogP contribution is -2.21. The molecular weight excluding hydrogens is 440 g/mol. The third-order valence-corrected chi connectivity index (χ3v) is 7.15. The number of primary amides is 1. The molecule has 0 aliphatic rings. The van der Waals surface area contributed by atoms with Crippen molar-refractivity contribution in [3.05, 3.63) is 63.1 Å². The van der Waals surface area contributed by atoms with Gasteiger partial charge in [0.15, 0.2) is 5.16 Å². The molecule has 10 heteroatoms. The number of fused-ring (bicyclic) bond motifs is 1. The van der Waals surface area contributed by atoms with Gasteiger partial charge in [-0.05, 0) is 35.7 Å². The highest BCUT2D eigenvalue weighted by molar-refractivity contribution is 7.99. The number of thiophene rings is 2. The number of benzene rings is 1. The molecular formula is C20H16N4O3S3. The number of aromatic nitrogens is 2. The first kappa shape index (κ1) is 20.3. The zero-order chi connectivity index (χ0) is 21.3. The van der Waals surface area contributed by atoms with Crippen molar-refractivity contribution in [1.82, 2.24) is 9.55 Å². The van der Waals surface area contributed by atoms with E-state index in [9.17, 15) is 14.4 Å². The summed E-state index contributed by atoms with van der Waals surface area (Å²) in [5.41, 5.74) is 6.90. The van der Waals surface area contributed by atoms with Crippen molar-refractivity contribution in [2.45, 2.75) is 5.16 Å². The lowest BCUT2D eigenvalue weighted by Gasteiger charge is -2.08. The lowest BCUT2D eigenvalue weighted by molar-refractivity contribution is -0.113. The number of thioether (sulfide) groups is 1. The van der Waals surface area contributed by atoms with Crippen molar-refractivity contribution in [3.8, 4) is 10.4 Å². The van der Waals surface area contributed by atoms with Crippen molar-refractivity contribution in [1.29, 1.82) is 0 Å². The van der Waals surface area contributed by atoms with Gasteiger partial charge in [-0.25, -0.2) is 4.98 Å². The fraction of sp³-hybridized carbons (Fsp3) is 0.100. The van der Waals surface area contributed by atoms with Crippen LogP contribution in [-0.4, -0.2) is 27.1 Å². The first-order chi connectivity index (χ1) is 14.4. The van der Waals surface area contributed by atoms with E-state index < -0.39 is 5.91 Å². The molecule has 0 unspecified atom stereocenters. The molecule has 0 saturated heterocycles. The monoisotopic (exact) mass is 456 g/mol. The Morgan fingerprint density at radius 3 is 2.63 bits per heavy atom. The molecule has 152 valence electrons. The average molecular weight is 457 g/mol. The molecule has 2 amide bonds. The van der Waals surface area contributed by atoms with Gasteiger partial charge in [-0.3, -0.25) is 19.0 Å². The molecule has 0 radical (unpaired) electrons. The van der Waals surface area contributed by atoms with E-state index >= 15 is 0 Å². The van der Waals surface area contributed by atoms with Crippen LogP contribution in [0.5, 0.6) is 0 Å². The summed E-state index contributed by atoms with van der Waals surface area (Å²) in [6, 6.07) is 10.2. The molecule has 0 aliphatic heterocycles. The van der Waals surface area contributed by atoms with Gasteiger partial charge in [-0.15, -0.1) is 22.7 Å². The molecule has 0 spiro atoms. The number of hydrogen-bond acceptors (Lipinski definition) is 7. The minimum Gasteiger partial charge on any atom is -0.366 e. The standard InChI is InChI=1S/C20H16N4O3S3/c1-24-19(27)16-13(14-3-2-8-28-14)9-29-18(16)23-20(24)30-10-15(25)22-12-6-4-11(5-7-12)17(21)26/h2-9H,10H2,1H3,(H2,21,26)(H,22,25). The second-order valence-electron chi connectivity index (χ2n) is 6.34. The number of hydrogen-bond donors (Lipinski definition) is 2. The van der Waals surface area contributed by atoms with E-state index in [-0.39, 0.29) is 17.2 Å². The number of carbonyl (C=O) groups is 2. The molecule has 4 aromatic rings. The summed E-state index contributed by atoms with van der Waals surface area (Å²) in [7, 11) is 1.66. The normalized spacial score (nSPS) is 11.0. The fourth-order valence-corrected chi connectivity index (χ4v) is 5.41. The number of nitrogens with one attached hydrogen (secondary N) is 1. The van der Waals surface area contributed by atoms with Crippen LogP contribution in [0, 0.1) is 0 Å². The van der Waals surface area contributed by atoms with Gasteiger partial charge in [0.25, 0.3) is 5.56 Å². The maximum atomic E-state index is 12.9. The third kappa shape index (κ3) is 4.02. The van der Waals surface area contributed by atoms with Crippen molar-refractivity contribution in [3.63, 3.8) is 0 Å². The van der Waals surface area contributed by atoms with Gasteiger partial charge in [0.2, 0.25) is 11.8 Å². The number of anilines is 1. The van der Waals surface area contributed by atoms with E-state index in [0.717, 1.165) is 10.4 Å². The van der Waals surface area contributed by atoms with E-state index in [0.29, 0.717) is 26.6 Å². The molecule has 3 N–H and O–H groups in total. The van der Waals surface area contributed by atoms with Gasteiger partial charge in [0.05, 0.1) is 11.1 Å². The highest BCUT2D eigenvalue weighted by atomic mass is 32.2. The lowest BCUT2D eigenvalue weighted by atomic mass is 10.2. The minimum atomic E-state index is -0.526. The summed E-state index contributed by atoms with van der Waals surface area (Å²) in [5.74, 6) is -0.680. The summed E-state index contributed by atoms with van der Waals surface area (Å²) >= 11 is 4.19. The molecule has 0 bridgehead atoms. The number of nitrogens with zero attached hydrogens (tertiary/aromatic N) is 2. The topological polar surface area (TPSA) is 107 Å². The Kier molecular flexibility index (Phi) is 5.71. The first-order valence-electron chi connectivity index (χ1n) is 8.78. The predicted octanol–water partition coefficient (Wildman–Crippen LogP) is 3.55. The molecule has 3 heterocycles. The number of nitrogens with two attached hydrogens (primary N) is 1. The van der Waals surface area contributed by atoms with Crippen LogP contribution in [0.15, 0.2) is 57.1 Å². The maximum absolute atomic E-state index is 12.9. The summed E-state index contributed by atoms with van der Waals surface area (Å²) in [5, 5.41) is 7.75. The highest BCUT2D eigenvalue weighted by Crippen LogP contribution is 2.34. The Labute approximate surface area is 183 Å². The van der Waals surface area contributed by atoms with E-state index in [1.54, 1.807) is 42.6 Å². The SMILES string of the molecule is Cn1c(SCC(=O)Nc2ccc(C(N)=O)cc2)nc2scc(-c3cccs3)c2c1=O. The van der Waals surface area contributed by atoms with Crippen LogP contribution in [0.3, 0.4) is 0 Å². The van der Waals surface area contributed by atoms with Crippen LogP contribution in [0.25, 0.3) is 20.7 Å². The zero-order valence-corrected chi connectivity index (χ0v) is 18.2. The minimum absolute atomic E-state index is 0.0898. The maximum Gasteiger partial charge on any atom is 0.263 e. The Morgan fingerprint density at radius 1 is 1.20 bits per heavy atom. The second-order valence-corrected chi connectivity index (χ2v) is 9.09. The quantitative estimate of drug-likeness (QED) is 0.341. The highest BCUT2D eigenvalue weighted by Gasteiger charge is 2.17. The van der Waals surface area contributed by atoms with Crippen molar-refractivity contribution in [2.75, 3.05) is 11.1 Å². The van der Waals surface area contributed by atoms with E-state index in [1.807, 2.05) is 22.9 Å². The smallest absolute Gasteiger partial charge is 0.263 e. The first-order valence-corrected chi connectivity index (χ1v) is 11.5. The van der Waals surface area contributed by atoms with Crippen LogP contribution >= 0.6 is 34.4 Å². The van der Waals surface area contributed by atoms with Crippen LogP contribution in [0.1, 0.15) is 10.4 Å². The van der Waals surface area contributed by atoms with Crippen molar-refractivity contribution < 1.29 is 9.59 Å². The van der Waals surface area contributed by atoms with E-state index in [2.05, 4.69) is 10.3 Å². The Morgan fingerprint density at radius 2 is 1.97 bits per heavy atom. The zero-order valence-electron chi connectivity index (χ0n) is 15.7. The largest absolute Gasteiger partial charge is 0.366 e. The van der Waals surface area contributed by atoms with Gasteiger partial charge < -0.3 is 11.1 Å². The summed E-state index contributed by atoms with van der Waals surface area (Å²) in [4.78, 5) is 42.6. The summed E-state index contributed by atoms with van der Waals surface area (Å²) in [6.07, 6.45) is 0. The van der Waals surface area contributed by atoms with Gasteiger partial charge in [-0.2, -0.15) is 0 Å². The van der Waals surface area contributed by atoms with Crippen molar-refractivity contribution in [2.24, 2.45) is 12.8 Å². The van der Waals surface area contributed by atoms with Crippen LogP contribution < -0.4 is 16.6 Å². The van der Waals surface area contributed by atoms with Gasteiger partial charge in [0, 0.05) is 34.1 Å². The average Bonchev–Trinajstić information content (AvgIpc) is 3.39. The summed E-state index contributed by atoms with van der Waals surface area (Å²) < 4.78 is 1.48. The molecule has 0 fully saturated rings. The second kappa shape index (κ2) is 8.42. The van der Waals surface area contributed by atoms with Crippen LogP contribution in [0.4, 0.5) is 5.69 Å². The van der Waals surface area contributed by atoms with Gasteiger partial charge in [0.1, 0.15) is 4.83 Å². The van der Waals surface area contributed by atoms with Gasteiger partial charge >= 0.3 is 0 Å². The molecule has 0 aliphatic carbocycles. The van der Waals surface area contributed by atoms with E-state index in [1.165, 1.54) is 27.7 Å². The molecule has 0 atom stereocenters. The molecule has 4 rings (SSSR count). The predicted molar refractivity (Wildman–Crippen MR) is 122 cm³/mol. The Hall–Kier alpha value is -2.95. The van der Waals surface area contributed by atoms with Crippen LogP contribution in [0.2, 0.25) is 0 Å². The summed E-state index contributed by atoms with van der Waals surface area (Å²) in [6.45, 7) is 0. The molecule has 0 saturated carbocycles. The van der Waals surface area contributed by atoms with Gasteiger partial charge in [-0.1, -0.05) is 17.8 Å². The number of amides is 2. The number of rotatable bonds is 6. The Balaban J connectivity index is 1.50. The van der Waals surface area contributed by atoms with E-state index in [4.69, 9.17) is 5.73 Å². The van der Waals surface area contributed by atoms with Crippen LogP contribution in [-0.2, 0) is 11.8 Å². The molecule has 7 nitrogen and oxygen atoms in total. The van der Waals surface area contributed by atoms with Crippen molar-refractivity contribution >= 4 is 62.2 Å². The molecule has 30 heavy (non-hydrogen) atoms. The third-order valence-electron chi connectivity index (χ3n) is 4.35. The number of carbonyl (C=O) groups excluding carboxylic acids is 2. The molecule has 1 aromatic carbocycles.